The van der Waals surface area contributed by atoms with Crippen LogP contribution in [0.3, 0.4) is 0 Å². The second kappa shape index (κ2) is 7.88. The zero-order chi connectivity index (χ0) is 16.8. The molecule has 1 heterocycles. The molecule has 0 radical (unpaired) electrons. The topological polar surface area (TPSA) is 52.2 Å². The fraction of sp³-hybridized carbons (Fsp3) is 0.211. The fourth-order valence-corrected chi connectivity index (χ4v) is 2.79. The van der Waals surface area contributed by atoms with Gasteiger partial charge in [-0.15, -0.1) is 0 Å². The summed E-state index contributed by atoms with van der Waals surface area (Å²) in [5, 5.41) is 8.69. The van der Waals surface area contributed by atoms with E-state index in [2.05, 4.69) is 45.0 Å². The number of aromatic nitrogens is 1. The monoisotopic (exact) mass is 340 g/mol. The van der Waals surface area contributed by atoms with Crippen LogP contribution in [0.4, 0.5) is 0 Å². The van der Waals surface area contributed by atoms with Gasteiger partial charge in [0.05, 0.1) is 0 Å². The molecule has 0 aliphatic heterocycles. The van der Waals surface area contributed by atoms with Gasteiger partial charge in [-0.2, -0.15) is 0 Å². The van der Waals surface area contributed by atoms with Gasteiger partial charge in [0.2, 0.25) is 0 Å². The molecule has 0 fully saturated rings. The number of benzene rings is 2. The molecule has 3 aromatic rings. The molecule has 3 rings (SSSR count). The maximum absolute atomic E-state index is 5.90. The highest BCUT2D eigenvalue weighted by Crippen LogP contribution is 2.17. The van der Waals surface area contributed by atoms with Crippen LogP contribution in [0, 0.1) is 0 Å². The van der Waals surface area contributed by atoms with Gasteiger partial charge in [0.15, 0.2) is 5.96 Å². The Morgan fingerprint density at radius 3 is 2.67 bits per heavy atom. The minimum absolute atomic E-state index is 0.712. The first-order chi connectivity index (χ1) is 11.8. The van der Waals surface area contributed by atoms with Crippen molar-refractivity contribution in [3.63, 3.8) is 0 Å². The molecule has 124 valence electrons. The van der Waals surface area contributed by atoms with E-state index in [4.69, 9.17) is 11.6 Å². The van der Waals surface area contributed by atoms with Gasteiger partial charge in [0.25, 0.3) is 0 Å². The van der Waals surface area contributed by atoms with Crippen LogP contribution in [0.5, 0.6) is 0 Å². The molecule has 0 aliphatic rings. The lowest BCUT2D eigenvalue weighted by molar-refractivity contribution is 0.796. The molecule has 0 unspecified atom stereocenters. The van der Waals surface area contributed by atoms with Crippen LogP contribution in [0.25, 0.3) is 10.9 Å². The van der Waals surface area contributed by atoms with Crippen LogP contribution in [0.1, 0.15) is 11.1 Å². The second-order valence-corrected chi connectivity index (χ2v) is 6.02. The summed E-state index contributed by atoms with van der Waals surface area (Å²) in [6, 6.07) is 16.2. The van der Waals surface area contributed by atoms with E-state index in [-0.39, 0.29) is 0 Å². The summed E-state index contributed by atoms with van der Waals surface area (Å²) >= 11 is 5.90. The first-order valence-electron chi connectivity index (χ1n) is 8.00. The summed E-state index contributed by atoms with van der Waals surface area (Å²) in [6.07, 6.45) is 3.02. The lowest BCUT2D eigenvalue weighted by atomic mass is 10.1. The molecular weight excluding hydrogens is 320 g/mol. The number of hydrogen-bond donors (Lipinski definition) is 3. The number of nitrogens with zero attached hydrogens (tertiary/aromatic N) is 1. The molecule has 3 N–H and O–H groups in total. The van der Waals surface area contributed by atoms with Crippen LogP contribution in [-0.2, 0) is 13.0 Å². The summed E-state index contributed by atoms with van der Waals surface area (Å²) in [7, 11) is 1.78. The Hall–Kier alpha value is -2.46. The summed E-state index contributed by atoms with van der Waals surface area (Å²) in [5.41, 5.74) is 3.66. The smallest absolute Gasteiger partial charge is 0.191 e. The Kier molecular flexibility index (Phi) is 5.39. The zero-order valence-corrected chi connectivity index (χ0v) is 14.4. The molecule has 0 spiro atoms. The standard InChI is InChI=1S/C19H21ClN4/c1-21-19(24-12-14-6-8-16(20)9-7-14)22-11-10-15-13-23-18-5-3-2-4-17(15)18/h2-9,13,23H,10-12H2,1H3,(H2,21,22,24). The number of rotatable bonds is 5. The van der Waals surface area contributed by atoms with Crippen molar-refractivity contribution in [1.29, 1.82) is 0 Å². The van der Waals surface area contributed by atoms with Gasteiger partial charge in [-0.05, 0) is 35.7 Å². The maximum Gasteiger partial charge on any atom is 0.191 e. The largest absolute Gasteiger partial charge is 0.361 e. The molecule has 0 saturated carbocycles. The van der Waals surface area contributed by atoms with Crippen molar-refractivity contribution in [1.82, 2.24) is 15.6 Å². The molecule has 0 bridgehead atoms. The Morgan fingerprint density at radius 2 is 1.88 bits per heavy atom. The lowest BCUT2D eigenvalue weighted by Gasteiger charge is -2.12. The first kappa shape index (κ1) is 16.4. The molecule has 4 nitrogen and oxygen atoms in total. The molecule has 0 saturated heterocycles. The number of halogens is 1. The summed E-state index contributed by atoms with van der Waals surface area (Å²) in [4.78, 5) is 7.57. The van der Waals surface area contributed by atoms with Crippen LogP contribution >= 0.6 is 11.6 Å². The Morgan fingerprint density at radius 1 is 1.08 bits per heavy atom. The summed E-state index contributed by atoms with van der Waals surface area (Å²) in [5.74, 6) is 0.796. The van der Waals surface area contributed by atoms with Gasteiger partial charge in [0.1, 0.15) is 0 Å². The molecule has 2 aromatic carbocycles. The SMILES string of the molecule is CN=C(NCCc1c[nH]c2ccccc12)NCc1ccc(Cl)cc1. The highest BCUT2D eigenvalue weighted by Gasteiger charge is 2.03. The van der Waals surface area contributed by atoms with Crippen molar-refractivity contribution in [3.8, 4) is 0 Å². The lowest BCUT2D eigenvalue weighted by Crippen LogP contribution is -2.37. The number of hydrogen-bond acceptors (Lipinski definition) is 1. The van der Waals surface area contributed by atoms with E-state index in [0.29, 0.717) is 6.54 Å². The summed E-state index contributed by atoms with van der Waals surface area (Å²) < 4.78 is 0. The highest BCUT2D eigenvalue weighted by atomic mass is 35.5. The quantitative estimate of drug-likeness (QED) is 0.489. The van der Waals surface area contributed by atoms with Crippen LogP contribution in [0.2, 0.25) is 5.02 Å². The number of nitrogens with one attached hydrogen (secondary N) is 3. The van der Waals surface area contributed by atoms with Gasteiger partial charge in [0, 0.05) is 42.3 Å². The molecular formula is C19H21ClN4. The van der Waals surface area contributed by atoms with E-state index in [1.54, 1.807) is 7.05 Å². The molecule has 0 amide bonds. The minimum Gasteiger partial charge on any atom is -0.361 e. The van der Waals surface area contributed by atoms with Crippen molar-refractivity contribution in [3.05, 3.63) is 70.9 Å². The Balaban J connectivity index is 1.50. The average molecular weight is 341 g/mol. The predicted molar refractivity (Wildman–Crippen MR) is 102 cm³/mol. The molecule has 5 heteroatoms. The normalized spacial score (nSPS) is 11.7. The molecule has 0 atom stereocenters. The number of guanidine groups is 1. The van der Waals surface area contributed by atoms with Crippen LogP contribution < -0.4 is 10.6 Å². The van der Waals surface area contributed by atoms with E-state index in [9.17, 15) is 0 Å². The maximum atomic E-state index is 5.90. The Bertz CT molecular complexity index is 821. The highest BCUT2D eigenvalue weighted by molar-refractivity contribution is 6.30. The third kappa shape index (κ3) is 4.09. The predicted octanol–water partition coefficient (Wildman–Crippen LogP) is 3.73. The number of aromatic amines is 1. The number of para-hydroxylation sites is 1. The van der Waals surface area contributed by atoms with Crippen molar-refractivity contribution in [2.45, 2.75) is 13.0 Å². The molecule has 24 heavy (non-hydrogen) atoms. The molecule has 1 aromatic heterocycles. The van der Waals surface area contributed by atoms with E-state index in [1.807, 2.05) is 30.3 Å². The second-order valence-electron chi connectivity index (χ2n) is 5.59. The van der Waals surface area contributed by atoms with Gasteiger partial charge in [-0.1, -0.05) is 41.9 Å². The van der Waals surface area contributed by atoms with Crippen molar-refractivity contribution in [2.24, 2.45) is 4.99 Å². The van der Waals surface area contributed by atoms with Crippen LogP contribution in [0.15, 0.2) is 59.7 Å². The molecule has 0 aliphatic carbocycles. The third-order valence-corrected chi connectivity index (χ3v) is 4.21. The summed E-state index contributed by atoms with van der Waals surface area (Å²) in [6.45, 7) is 1.53. The minimum atomic E-state index is 0.712. The van der Waals surface area contributed by atoms with Gasteiger partial charge >= 0.3 is 0 Å². The van der Waals surface area contributed by atoms with Gasteiger partial charge < -0.3 is 15.6 Å². The number of aliphatic imine (C=N–C) groups is 1. The Labute approximate surface area is 147 Å². The van der Waals surface area contributed by atoms with E-state index in [0.717, 1.165) is 23.9 Å². The third-order valence-electron chi connectivity index (χ3n) is 3.96. The number of fused-ring (bicyclic) bond motifs is 1. The van der Waals surface area contributed by atoms with Crippen molar-refractivity contribution >= 4 is 28.5 Å². The number of H-pyrrole nitrogens is 1. The first-order valence-corrected chi connectivity index (χ1v) is 8.38. The van der Waals surface area contributed by atoms with Crippen molar-refractivity contribution < 1.29 is 0 Å². The van der Waals surface area contributed by atoms with Gasteiger partial charge in [-0.25, -0.2) is 0 Å². The zero-order valence-electron chi connectivity index (χ0n) is 13.6. The van der Waals surface area contributed by atoms with Crippen LogP contribution in [-0.4, -0.2) is 24.5 Å². The van der Waals surface area contributed by atoms with E-state index >= 15 is 0 Å². The fourth-order valence-electron chi connectivity index (χ4n) is 2.66. The van der Waals surface area contributed by atoms with Crippen molar-refractivity contribution in [2.75, 3.05) is 13.6 Å². The van der Waals surface area contributed by atoms with E-state index in [1.165, 1.54) is 22.0 Å². The van der Waals surface area contributed by atoms with Gasteiger partial charge in [-0.3, -0.25) is 4.99 Å². The average Bonchev–Trinajstić information content (AvgIpc) is 3.02. The van der Waals surface area contributed by atoms with E-state index < -0.39 is 0 Å².